The lowest BCUT2D eigenvalue weighted by atomic mass is 10.2. The molecule has 0 spiro atoms. The molecule has 156 valence electrons. The van der Waals surface area contributed by atoms with Gasteiger partial charge in [0.2, 0.25) is 5.91 Å². The molecule has 1 fully saturated rings. The summed E-state index contributed by atoms with van der Waals surface area (Å²) in [6.45, 7) is 1.70. The highest BCUT2D eigenvalue weighted by Crippen LogP contribution is 2.16. The van der Waals surface area contributed by atoms with Crippen molar-refractivity contribution >= 4 is 17.5 Å². The van der Waals surface area contributed by atoms with Crippen LogP contribution in [-0.2, 0) is 22.6 Å². The first kappa shape index (κ1) is 19.8. The molecule has 0 bridgehead atoms. The quantitative estimate of drug-likeness (QED) is 0.613. The number of pyridine rings is 1. The van der Waals surface area contributed by atoms with E-state index in [0.29, 0.717) is 18.8 Å². The molecular weight excluding hydrogens is 386 g/mol. The maximum absolute atomic E-state index is 13.0. The van der Waals surface area contributed by atoms with E-state index in [1.54, 1.807) is 29.4 Å². The molecule has 1 aliphatic rings. The molecule has 1 N–H and O–H groups in total. The fraction of sp³-hybridized carbons (Fsp3) is 0.333. The number of hydrogen-bond acceptors (Lipinski definition) is 6. The average Bonchev–Trinajstić information content (AvgIpc) is 3.52. The van der Waals surface area contributed by atoms with Crippen LogP contribution >= 0.6 is 0 Å². The molecule has 0 aromatic carbocycles. The second-order valence-electron chi connectivity index (χ2n) is 7.09. The molecule has 9 nitrogen and oxygen atoms in total. The topological polar surface area (TPSA) is 102 Å². The van der Waals surface area contributed by atoms with Crippen LogP contribution in [0.4, 0.5) is 5.69 Å². The third-order valence-corrected chi connectivity index (χ3v) is 4.81. The van der Waals surface area contributed by atoms with Gasteiger partial charge in [-0.25, -0.2) is 0 Å². The minimum absolute atomic E-state index is 0.0402. The zero-order valence-corrected chi connectivity index (χ0v) is 16.4. The van der Waals surface area contributed by atoms with E-state index in [0.717, 1.165) is 25.1 Å². The Morgan fingerprint density at radius 3 is 2.93 bits per heavy atom. The van der Waals surface area contributed by atoms with E-state index in [-0.39, 0.29) is 30.2 Å². The molecule has 4 rings (SSSR count). The summed E-state index contributed by atoms with van der Waals surface area (Å²) in [6.07, 6.45) is 8.25. The summed E-state index contributed by atoms with van der Waals surface area (Å²) in [5.41, 5.74) is 1.30. The molecule has 0 saturated carbocycles. The van der Waals surface area contributed by atoms with Crippen molar-refractivity contribution in [2.45, 2.75) is 32.0 Å². The normalized spacial score (nSPS) is 15.8. The Balaban J connectivity index is 1.40. The Morgan fingerprint density at radius 2 is 2.20 bits per heavy atom. The van der Waals surface area contributed by atoms with E-state index in [2.05, 4.69) is 15.4 Å². The summed E-state index contributed by atoms with van der Waals surface area (Å²) < 4.78 is 12.3. The summed E-state index contributed by atoms with van der Waals surface area (Å²) >= 11 is 0. The smallest absolute Gasteiger partial charge is 0.291 e. The average molecular weight is 409 g/mol. The van der Waals surface area contributed by atoms with E-state index in [9.17, 15) is 9.59 Å². The van der Waals surface area contributed by atoms with Crippen LogP contribution in [0.1, 0.15) is 29.1 Å². The predicted molar refractivity (Wildman–Crippen MR) is 108 cm³/mol. The van der Waals surface area contributed by atoms with Gasteiger partial charge in [-0.1, -0.05) is 6.07 Å². The Hall–Kier alpha value is -3.46. The number of carbonyl (C=O) groups excluding carboxylic acids is 2. The number of ether oxygens (including phenoxy) is 1. The fourth-order valence-electron chi connectivity index (χ4n) is 3.33. The fourth-order valence-corrected chi connectivity index (χ4v) is 3.33. The van der Waals surface area contributed by atoms with Crippen molar-refractivity contribution in [1.29, 1.82) is 0 Å². The summed E-state index contributed by atoms with van der Waals surface area (Å²) in [5, 5.41) is 6.88. The zero-order valence-electron chi connectivity index (χ0n) is 16.4. The van der Waals surface area contributed by atoms with Gasteiger partial charge in [0, 0.05) is 25.5 Å². The van der Waals surface area contributed by atoms with E-state index in [1.165, 1.54) is 17.1 Å². The van der Waals surface area contributed by atoms with Gasteiger partial charge in [0.25, 0.3) is 5.91 Å². The molecule has 1 saturated heterocycles. The van der Waals surface area contributed by atoms with Crippen LogP contribution in [0.25, 0.3) is 0 Å². The van der Waals surface area contributed by atoms with Crippen LogP contribution in [0.2, 0.25) is 0 Å². The summed E-state index contributed by atoms with van der Waals surface area (Å²) in [4.78, 5) is 31.2. The van der Waals surface area contributed by atoms with Crippen molar-refractivity contribution in [3.8, 4) is 0 Å². The van der Waals surface area contributed by atoms with E-state index in [1.807, 2.05) is 18.2 Å². The minimum atomic E-state index is -0.374. The highest BCUT2D eigenvalue weighted by atomic mass is 16.5. The van der Waals surface area contributed by atoms with E-state index < -0.39 is 0 Å². The molecule has 3 aromatic heterocycles. The molecular formula is C21H23N5O4. The van der Waals surface area contributed by atoms with E-state index in [4.69, 9.17) is 9.15 Å². The number of furan rings is 1. The van der Waals surface area contributed by atoms with Gasteiger partial charge in [0.1, 0.15) is 6.54 Å². The van der Waals surface area contributed by atoms with Gasteiger partial charge in [0.05, 0.1) is 36.5 Å². The number of carbonyl (C=O) groups is 2. The van der Waals surface area contributed by atoms with Gasteiger partial charge in [0.15, 0.2) is 5.76 Å². The number of rotatable bonds is 8. The summed E-state index contributed by atoms with van der Waals surface area (Å²) in [5.74, 6) is -0.263. The van der Waals surface area contributed by atoms with Crippen molar-refractivity contribution in [2.24, 2.45) is 0 Å². The van der Waals surface area contributed by atoms with Gasteiger partial charge in [-0.2, -0.15) is 5.10 Å². The van der Waals surface area contributed by atoms with Gasteiger partial charge in [-0.15, -0.1) is 0 Å². The number of hydrogen-bond donors (Lipinski definition) is 1. The lowest BCUT2D eigenvalue weighted by Gasteiger charge is -2.25. The van der Waals surface area contributed by atoms with Crippen molar-refractivity contribution in [3.63, 3.8) is 0 Å². The molecule has 0 unspecified atom stereocenters. The maximum atomic E-state index is 13.0. The van der Waals surface area contributed by atoms with Gasteiger partial charge in [-0.05, 0) is 37.1 Å². The first-order valence-electron chi connectivity index (χ1n) is 9.84. The lowest BCUT2D eigenvalue weighted by molar-refractivity contribution is -0.134. The van der Waals surface area contributed by atoms with Crippen molar-refractivity contribution in [3.05, 3.63) is 66.6 Å². The van der Waals surface area contributed by atoms with Gasteiger partial charge >= 0.3 is 0 Å². The molecule has 3 aromatic rings. The number of nitrogens with one attached hydrogen (secondary N) is 1. The molecule has 4 heterocycles. The van der Waals surface area contributed by atoms with Gasteiger partial charge < -0.3 is 19.4 Å². The number of aromatic nitrogens is 3. The third kappa shape index (κ3) is 5.12. The standard InChI is InChI=1S/C21H23N5O4/c27-20(15-26-13-17(11-23-26)24-21(28)19-7-4-10-30-19)25(14-18-6-3-9-29-18)12-16-5-1-2-8-22-16/h1-2,4-5,7-8,10-11,13,18H,3,6,9,12,14-15H2,(H,24,28)/t18-/m1/s1. The molecule has 0 aliphatic carbocycles. The maximum Gasteiger partial charge on any atom is 0.291 e. The lowest BCUT2D eigenvalue weighted by Crippen LogP contribution is -2.39. The van der Waals surface area contributed by atoms with Crippen molar-refractivity contribution in [2.75, 3.05) is 18.5 Å². The van der Waals surface area contributed by atoms with Crippen LogP contribution in [0, 0.1) is 0 Å². The molecule has 30 heavy (non-hydrogen) atoms. The van der Waals surface area contributed by atoms with Crippen LogP contribution in [0.3, 0.4) is 0 Å². The highest BCUT2D eigenvalue weighted by Gasteiger charge is 2.23. The molecule has 9 heteroatoms. The molecule has 1 atom stereocenters. The second-order valence-corrected chi connectivity index (χ2v) is 7.09. The van der Waals surface area contributed by atoms with Crippen LogP contribution < -0.4 is 5.32 Å². The zero-order chi connectivity index (χ0) is 20.8. The first-order valence-corrected chi connectivity index (χ1v) is 9.84. The minimum Gasteiger partial charge on any atom is -0.459 e. The van der Waals surface area contributed by atoms with Crippen molar-refractivity contribution in [1.82, 2.24) is 19.7 Å². The number of amides is 2. The Kier molecular flexibility index (Phi) is 6.19. The molecule has 0 radical (unpaired) electrons. The van der Waals surface area contributed by atoms with Crippen molar-refractivity contribution < 1.29 is 18.7 Å². The van der Waals surface area contributed by atoms with Crippen LogP contribution in [-0.4, -0.2) is 50.7 Å². The summed E-state index contributed by atoms with van der Waals surface area (Å²) in [6, 6.07) is 8.85. The second kappa shape index (κ2) is 9.36. The summed E-state index contributed by atoms with van der Waals surface area (Å²) in [7, 11) is 0. The SMILES string of the molecule is O=C(Nc1cnn(CC(=O)N(Cc2ccccn2)C[C@H]2CCCO2)c1)c1ccco1. The Morgan fingerprint density at radius 1 is 1.27 bits per heavy atom. The molecule has 1 aliphatic heterocycles. The van der Waals surface area contributed by atoms with Crippen LogP contribution in [0.15, 0.2) is 59.6 Å². The van der Waals surface area contributed by atoms with Crippen LogP contribution in [0.5, 0.6) is 0 Å². The molecule has 2 amide bonds. The highest BCUT2D eigenvalue weighted by molar-refractivity contribution is 6.02. The largest absolute Gasteiger partial charge is 0.459 e. The Labute approximate surface area is 173 Å². The third-order valence-electron chi connectivity index (χ3n) is 4.81. The predicted octanol–water partition coefficient (Wildman–Crippen LogP) is 2.33. The monoisotopic (exact) mass is 409 g/mol. The van der Waals surface area contributed by atoms with Gasteiger partial charge in [-0.3, -0.25) is 19.3 Å². The Bertz CT molecular complexity index is 964. The number of anilines is 1. The number of nitrogens with zero attached hydrogens (tertiary/aromatic N) is 4. The first-order chi connectivity index (χ1) is 14.7. The van der Waals surface area contributed by atoms with E-state index >= 15 is 0 Å².